The van der Waals surface area contributed by atoms with Crippen molar-refractivity contribution >= 4 is 5.95 Å². The lowest BCUT2D eigenvalue weighted by Crippen LogP contribution is -2.47. The van der Waals surface area contributed by atoms with Crippen LogP contribution in [0.15, 0.2) is 29.5 Å². The minimum Gasteiger partial charge on any atom is -0.374 e. The summed E-state index contributed by atoms with van der Waals surface area (Å²) in [6.07, 6.45) is 8.44. The zero-order valence-corrected chi connectivity index (χ0v) is 14.5. The highest BCUT2D eigenvalue weighted by Crippen LogP contribution is 2.31. The van der Waals surface area contributed by atoms with Crippen molar-refractivity contribution in [2.45, 2.75) is 31.8 Å². The van der Waals surface area contributed by atoms with Crippen LogP contribution >= 0.6 is 0 Å². The molecule has 1 saturated heterocycles. The molecule has 0 spiro atoms. The Bertz CT molecular complexity index is 786. The first kappa shape index (κ1) is 16.2. The lowest BCUT2D eigenvalue weighted by atomic mass is 9.99. The Labute approximate surface area is 146 Å². The van der Waals surface area contributed by atoms with Gasteiger partial charge in [0.25, 0.3) is 5.56 Å². The normalized spacial score (nSPS) is 21.6. The first-order valence-corrected chi connectivity index (χ1v) is 8.93. The molecule has 0 N–H and O–H groups in total. The molecule has 1 unspecified atom stereocenters. The average Bonchev–Trinajstić information content (AvgIpc) is 3.19. The van der Waals surface area contributed by atoms with Crippen LogP contribution < -0.4 is 10.5 Å². The van der Waals surface area contributed by atoms with E-state index in [0.29, 0.717) is 29.9 Å². The van der Waals surface area contributed by atoms with Crippen LogP contribution in [0.25, 0.3) is 11.4 Å². The highest BCUT2D eigenvalue weighted by molar-refractivity contribution is 5.55. The summed E-state index contributed by atoms with van der Waals surface area (Å²) < 4.78 is 7.63. The predicted octanol–water partition coefficient (Wildman–Crippen LogP) is 1.63. The summed E-state index contributed by atoms with van der Waals surface area (Å²) in [5, 5.41) is 0. The smallest absolute Gasteiger partial charge is 0.255 e. The van der Waals surface area contributed by atoms with E-state index in [2.05, 4.69) is 14.9 Å². The Kier molecular flexibility index (Phi) is 4.48. The van der Waals surface area contributed by atoms with Gasteiger partial charge in [-0.3, -0.25) is 9.36 Å². The number of hydrogen-bond donors (Lipinski definition) is 0. The van der Waals surface area contributed by atoms with Crippen molar-refractivity contribution in [1.29, 1.82) is 0 Å². The highest BCUT2D eigenvalue weighted by atomic mass is 16.5. The van der Waals surface area contributed by atoms with E-state index < -0.39 is 0 Å². The molecule has 2 aromatic rings. The first-order chi connectivity index (χ1) is 12.2. The molecular formula is C18H23N5O2. The van der Waals surface area contributed by atoms with Crippen LogP contribution in [-0.2, 0) is 11.8 Å². The minimum absolute atomic E-state index is 0.0810. The molecule has 7 nitrogen and oxygen atoms in total. The molecule has 4 rings (SSSR count). The van der Waals surface area contributed by atoms with Gasteiger partial charge in [-0.2, -0.15) is 0 Å². The van der Waals surface area contributed by atoms with Gasteiger partial charge in [-0.25, -0.2) is 15.0 Å². The predicted molar refractivity (Wildman–Crippen MR) is 94.4 cm³/mol. The second-order valence-corrected chi connectivity index (χ2v) is 6.83. The average molecular weight is 341 g/mol. The topological polar surface area (TPSA) is 73.1 Å². The molecule has 25 heavy (non-hydrogen) atoms. The van der Waals surface area contributed by atoms with Gasteiger partial charge in [-0.1, -0.05) is 12.8 Å². The molecule has 7 heteroatoms. The molecule has 3 heterocycles. The monoisotopic (exact) mass is 341 g/mol. The molecule has 132 valence electrons. The zero-order chi connectivity index (χ0) is 17.2. The van der Waals surface area contributed by atoms with Crippen LogP contribution in [0.4, 0.5) is 5.95 Å². The Morgan fingerprint density at radius 3 is 2.84 bits per heavy atom. The maximum absolute atomic E-state index is 12.4. The van der Waals surface area contributed by atoms with Crippen LogP contribution in [0.3, 0.4) is 0 Å². The van der Waals surface area contributed by atoms with Crippen molar-refractivity contribution in [3.63, 3.8) is 0 Å². The van der Waals surface area contributed by atoms with Crippen molar-refractivity contribution < 1.29 is 4.74 Å². The third-order valence-corrected chi connectivity index (χ3v) is 5.26. The summed E-state index contributed by atoms with van der Waals surface area (Å²) in [4.78, 5) is 27.5. The van der Waals surface area contributed by atoms with E-state index in [9.17, 15) is 4.79 Å². The fourth-order valence-electron chi connectivity index (χ4n) is 3.86. The van der Waals surface area contributed by atoms with Crippen LogP contribution in [0, 0.1) is 5.92 Å². The quantitative estimate of drug-likeness (QED) is 0.845. The number of ether oxygens (including phenoxy) is 1. The molecule has 1 aliphatic carbocycles. The van der Waals surface area contributed by atoms with Crippen molar-refractivity contribution in [2.75, 3.05) is 24.6 Å². The van der Waals surface area contributed by atoms with Crippen molar-refractivity contribution in [1.82, 2.24) is 19.5 Å². The largest absolute Gasteiger partial charge is 0.374 e. The number of rotatable bonds is 3. The van der Waals surface area contributed by atoms with E-state index in [1.807, 2.05) is 0 Å². The molecule has 2 aliphatic rings. The maximum Gasteiger partial charge on any atom is 0.255 e. The lowest BCUT2D eigenvalue weighted by molar-refractivity contribution is 0.00267. The summed E-state index contributed by atoms with van der Waals surface area (Å²) in [6, 6.07) is 3.30. The van der Waals surface area contributed by atoms with Gasteiger partial charge in [0, 0.05) is 32.4 Å². The highest BCUT2D eigenvalue weighted by Gasteiger charge is 2.31. The SMILES string of the molecule is Cn1c(N2CCOC(C3CCCC3)C2)nc(-c2ccncn2)cc1=O. The van der Waals surface area contributed by atoms with E-state index in [1.165, 1.54) is 38.1 Å². The zero-order valence-electron chi connectivity index (χ0n) is 14.5. The van der Waals surface area contributed by atoms with Gasteiger partial charge in [0.2, 0.25) is 5.95 Å². The third-order valence-electron chi connectivity index (χ3n) is 5.26. The third kappa shape index (κ3) is 3.28. The molecule has 2 aromatic heterocycles. The summed E-state index contributed by atoms with van der Waals surface area (Å²) in [5.41, 5.74) is 1.17. The number of morpholine rings is 1. The summed E-state index contributed by atoms with van der Waals surface area (Å²) in [5.74, 6) is 1.32. The maximum atomic E-state index is 12.4. The second-order valence-electron chi connectivity index (χ2n) is 6.83. The van der Waals surface area contributed by atoms with Gasteiger partial charge in [-0.15, -0.1) is 0 Å². The molecule has 0 bridgehead atoms. The Morgan fingerprint density at radius 2 is 2.08 bits per heavy atom. The Balaban J connectivity index is 1.64. The molecule has 2 fully saturated rings. The van der Waals surface area contributed by atoms with Gasteiger partial charge in [-0.05, 0) is 24.8 Å². The van der Waals surface area contributed by atoms with Gasteiger partial charge >= 0.3 is 0 Å². The van der Waals surface area contributed by atoms with E-state index in [4.69, 9.17) is 9.72 Å². The van der Waals surface area contributed by atoms with E-state index in [-0.39, 0.29) is 11.7 Å². The summed E-state index contributed by atoms with van der Waals surface area (Å²) in [7, 11) is 1.77. The van der Waals surface area contributed by atoms with Crippen LogP contribution in [0.2, 0.25) is 0 Å². The summed E-state index contributed by atoms with van der Waals surface area (Å²) in [6.45, 7) is 2.21. The lowest BCUT2D eigenvalue weighted by Gasteiger charge is -2.37. The molecule has 1 atom stereocenters. The molecule has 0 radical (unpaired) electrons. The molecule has 0 amide bonds. The number of anilines is 1. The van der Waals surface area contributed by atoms with Crippen LogP contribution in [0.5, 0.6) is 0 Å². The van der Waals surface area contributed by atoms with Crippen LogP contribution in [0.1, 0.15) is 25.7 Å². The Morgan fingerprint density at radius 1 is 1.24 bits per heavy atom. The van der Waals surface area contributed by atoms with Gasteiger partial charge in [0.05, 0.1) is 24.1 Å². The van der Waals surface area contributed by atoms with E-state index >= 15 is 0 Å². The number of aromatic nitrogens is 4. The number of nitrogens with zero attached hydrogens (tertiary/aromatic N) is 5. The molecular weight excluding hydrogens is 318 g/mol. The molecule has 1 aliphatic heterocycles. The fourth-order valence-corrected chi connectivity index (χ4v) is 3.86. The van der Waals surface area contributed by atoms with Crippen molar-refractivity contribution in [2.24, 2.45) is 13.0 Å². The van der Waals surface area contributed by atoms with Crippen molar-refractivity contribution in [3.8, 4) is 11.4 Å². The van der Waals surface area contributed by atoms with Crippen molar-refractivity contribution in [3.05, 3.63) is 35.0 Å². The molecule has 0 aromatic carbocycles. The minimum atomic E-state index is -0.0810. The fraction of sp³-hybridized carbons (Fsp3) is 0.556. The van der Waals surface area contributed by atoms with Gasteiger partial charge in [0.15, 0.2) is 0 Å². The van der Waals surface area contributed by atoms with E-state index in [0.717, 1.165) is 13.1 Å². The number of hydrogen-bond acceptors (Lipinski definition) is 6. The van der Waals surface area contributed by atoms with Crippen LogP contribution in [-0.4, -0.2) is 45.3 Å². The first-order valence-electron chi connectivity index (χ1n) is 8.93. The molecule has 1 saturated carbocycles. The van der Waals surface area contributed by atoms with E-state index in [1.54, 1.807) is 23.9 Å². The summed E-state index contributed by atoms with van der Waals surface area (Å²) >= 11 is 0. The second kappa shape index (κ2) is 6.92. The van der Waals surface area contributed by atoms with Gasteiger partial charge in [0.1, 0.15) is 6.33 Å². The standard InChI is InChI=1S/C18H23N5O2/c1-22-17(24)10-15(14-6-7-19-12-20-14)21-18(22)23-8-9-25-16(11-23)13-4-2-3-5-13/h6-7,10,12-13,16H,2-5,8-9,11H2,1H3. The Hall–Kier alpha value is -2.28. The van der Waals surface area contributed by atoms with Gasteiger partial charge < -0.3 is 9.64 Å².